The average Bonchev–Trinajstić information content (AvgIpc) is 3.40. The average molecular weight is 525 g/mol. The predicted molar refractivity (Wildman–Crippen MR) is 149 cm³/mol. The first-order valence-electron chi connectivity index (χ1n) is 11.7. The highest BCUT2D eigenvalue weighted by Crippen LogP contribution is 2.30. The maximum absolute atomic E-state index is 13.1. The summed E-state index contributed by atoms with van der Waals surface area (Å²) in [6.07, 6.45) is 0. The highest BCUT2D eigenvalue weighted by molar-refractivity contribution is 7.91. The summed E-state index contributed by atoms with van der Waals surface area (Å²) in [6.45, 7) is 3.70. The van der Waals surface area contributed by atoms with Gasteiger partial charge < -0.3 is 5.32 Å². The summed E-state index contributed by atoms with van der Waals surface area (Å²) in [6, 6.07) is 28.8. The Bertz CT molecular complexity index is 1690. The predicted octanol–water partition coefficient (Wildman–Crippen LogP) is 7.18. The summed E-state index contributed by atoms with van der Waals surface area (Å²) >= 11 is 1.57. The van der Waals surface area contributed by atoms with Crippen LogP contribution in [0.4, 0.5) is 5.69 Å². The second-order valence-corrected chi connectivity index (χ2v) is 11.5. The van der Waals surface area contributed by atoms with Crippen LogP contribution >= 0.6 is 11.3 Å². The Labute approximate surface area is 220 Å². The van der Waals surface area contributed by atoms with Crippen molar-refractivity contribution in [3.8, 4) is 21.8 Å². The van der Waals surface area contributed by atoms with E-state index >= 15 is 0 Å². The molecule has 0 saturated heterocycles. The fourth-order valence-corrected chi connectivity index (χ4v) is 6.41. The molecule has 0 fully saturated rings. The van der Waals surface area contributed by atoms with E-state index in [2.05, 4.69) is 5.32 Å². The number of nitrogens with zero attached hydrogens (tertiary/aromatic N) is 1. The van der Waals surface area contributed by atoms with Gasteiger partial charge in [-0.15, -0.1) is 11.3 Å². The third-order valence-corrected chi connectivity index (χ3v) is 8.81. The molecule has 4 aromatic carbocycles. The number of hydrogen-bond acceptors (Lipinski definition) is 5. The lowest BCUT2D eigenvalue weighted by atomic mass is 10.1. The molecule has 0 atom stereocenters. The molecule has 5 rings (SSSR count). The van der Waals surface area contributed by atoms with Gasteiger partial charge in [0.2, 0.25) is 9.84 Å². The molecule has 0 aliphatic heterocycles. The van der Waals surface area contributed by atoms with Crippen LogP contribution in [0.3, 0.4) is 0 Å². The number of carbonyl (C=O) groups is 1. The molecule has 1 aromatic heterocycles. The van der Waals surface area contributed by atoms with Crippen molar-refractivity contribution in [1.29, 1.82) is 0 Å². The molecule has 1 amide bonds. The Kier molecular flexibility index (Phi) is 6.74. The van der Waals surface area contributed by atoms with Crippen LogP contribution in [0.2, 0.25) is 0 Å². The molecule has 1 heterocycles. The smallest absolute Gasteiger partial charge is 0.255 e. The van der Waals surface area contributed by atoms with Crippen LogP contribution in [0.1, 0.15) is 21.5 Å². The number of hydrogen-bond donors (Lipinski definition) is 1. The summed E-state index contributed by atoms with van der Waals surface area (Å²) in [7, 11) is -3.68. The van der Waals surface area contributed by atoms with E-state index in [4.69, 9.17) is 4.98 Å². The Balaban J connectivity index is 1.32. The Morgan fingerprint density at radius 1 is 0.811 bits per heavy atom. The van der Waals surface area contributed by atoms with Crippen molar-refractivity contribution in [2.45, 2.75) is 23.6 Å². The van der Waals surface area contributed by atoms with Crippen LogP contribution in [0.15, 0.2) is 112 Å². The van der Waals surface area contributed by atoms with Crippen LogP contribution in [0.5, 0.6) is 0 Å². The fourth-order valence-electron chi connectivity index (χ4n) is 4.09. The van der Waals surface area contributed by atoms with E-state index in [1.54, 1.807) is 30.4 Å². The zero-order chi connectivity index (χ0) is 26.0. The summed E-state index contributed by atoms with van der Waals surface area (Å²) in [5.74, 6) is -0.323. The number of sulfone groups is 1. The van der Waals surface area contributed by atoms with E-state index in [1.165, 1.54) is 24.3 Å². The topological polar surface area (TPSA) is 76.1 Å². The van der Waals surface area contributed by atoms with Gasteiger partial charge in [-0.05, 0) is 61.9 Å². The molecule has 5 nitrogen and oxygen atoms in total. The van der Waals surface area contributed by atoms with Gasteiger partial charge in [-0.2, -0.15) is 0 Å². The van der Waals surface area contributed by atoms with E-state index < -0.39 is 9.84 Å². The van der Waals surface area contributed by atoms with Crippen molar-refractivity contribution in [3.63, 3.8) is 0 Å². The molecule has 184 valence electrons. The third kappa shape index (κ3) is 5.23. The first-order chi connectivity index (χ1) is 17.8. The normalized spacial score (nSPS) is 11.3. The minimum Gasteiger partial charge on any atom is -0.322 e. The zero-order valence-electron chi connectivity index (χ0n) is 20.3. The Hall–Kier alpha value is -4.07. The Morgan fingerprint density at radius 3 is 2.27 bits per heavy atom. The van der Waals surface area contributed by atoms with E-state index in [1.807, 2.05) is 73.0 Å². The van der Waals surface area contributed by atoms with Crippen LogP contribution in [-0.2, 0) is 9.84 Å². The molecule has 0 aliphatic rings. The summed E-state index contributed by atoms with van der Waals surface area (Å²) in [5.41, 5.74) is 5.48. The standard InChI is InChI=1S/C30H24N2O3S2/c1-20-11-16-28(21(2)17-20)37(34,35)26-14-12-22(13-15-26)29(33)31-25-10-6-9-24(18-25)27-19-36-30(32-27)23-7-4-3-5-8-23/h3-19H,1-2H3,(H,31,33). The highest BCUT2D eigenvalue weighted by atomic mass is 32.2. The van der Waals surface area contributed by atoms with Crippen molar-refractivity contribution >= 4 is 32.8 Å². The van der Waals surface area contributed by atoms with E-state index in [0.29, 0.717) is 16.8 Å². The SMILES string of the molecule is Cc1ccc(S(=O)(=O)c2ccc(C(=O)Nc3cccc(-c4csc(-c5ccccc5)n4)c3)cc2)c(C)c1. The Morgan fingerprint density at radius 2 is 1.54 bits per heavy atom. The van der Waals surface area contributed by atoms with Crippen LogP contribution < -0.4 is 5.32 Å². The molecule has 37 heavy (non-hydrogen) atoms. The number of aromatic nitrogens is 1. The van der Waals surface area contributed by atoms with Crippen molar-refractivity contribution in [3.05, 3.63) is 119 Å². The number of aryl methyl sites for hydroxylation is 2. The minimum absolute atomic E-state index is 0.149. The van der Waals surface area contributed by atoms with Crippen LogP contribution in [0, 0.1) is 13.8 Å². The molecule has 0 saturated carbocycles. The monoisotopic (exact) mass is 524 g/mol. The molecule has 5 aromatic rings. The molecular weight excluding hydrogens is 500 g/mol. The molecule has 0 aliphatic carbocycles. The number of amides is 1. The van der Waals surface area contributed by atoms with E-state index in [9.17, 15) is 13.2 Å². The van der Waals surface area contributed by atoms with Gasteiger partial charge >= 0.3 is 0 Å². The van der Waals surface area contributed by atoms with Crippen LogP contribution in [0.25, 0.3) is 21.8 Å². The number of nitrogens with one attached hydrogen (secondary N) is 1. The number of carbonyl (C=O) groups excluding carboxylic acids is 1. The number of thiazole rings is 1. The zero-order valence-corrected chi connectivity index (χ0v) is 21.9. The quantitative estimate of drug-likeness (QED) is 0.255. The van der Waals surface area contributed by atoms with Gasteiger partial charge in [0.1, 0.15) is 5.01 Å². The maximum atomic E-state index is 13.1. The van der Waals surface area contributed by atoms with E-state index in [0.717, 1.165) is 27.4 Å². The molecular formula is C30H24N2O3S2. The molecule has 7 heteroatoms. The van der Waals surface area contributed by atoms with Gasteiger partial charge in [0.05, 0.1) is 15.5 Å². The second kappa shape index (κ2) is 10.1. The molecule has 0 spiro atoms. The molecule has 0 unspecified atom stereocenters. The lowest BCUT2D eigenvalue weighted by molar-refractivity contribution is 0.102. The summed E-state index contributed by atoms with van der Waals surface area (Å²) < 4.78 is 26.2. The van der Waals surface area contributed by atoms with Gasteiger partial charge in [-0.25, -0.2) is 13.4 Å². The van der Waals surface area contributed by atoms with Gasteiger partial charge in [0.25, 0.3) is 5.91 Å². The van der Waals surface area contributed by atoms with Gasteiger partial charge in [-0.1, -0.05) is 60.2 Å². The summed E-state index contributed by atoms with van der Waals surface area (Å²) in [5, 5.41) is 5.83. The van der Waals surface area contributed by atoms with Crippen LogP contribution in [-0.4, -0.2) is 19.3 Å². The largest absolute Gasteiger partial charge is 0.322 e. The number of anilines is 1. The van der Waals surface area contributed by atoms with Crippen molar-refractivity contribution in [2.75, 3.05) is 5.32 Å². The summed E-state index contributed by atoms with van der Waals surface area (Å²) in [4.78, 5) is 18.1. The van der Waals surface area contributed by atoms with Crippen molar-refractivity contribution in [2.24, 2.45) is 0 Å². The number of rotatable bonds is 6. The lowest BCUT2D eigenvalue weighted by Crippen LogP contribution is -2.12. The lowest BCUT2D eigenvalue weighted by Gasteiger charge is -2.10. The van der Waals surface area contributed by atoms with Crippen molar-refractivity contribution in [1.82, 2.24) is 4.98 Å². The first kappa shape index (κ1) is 24.6. The molecule has 0 bridgehead atoms. The third-order valence-electron chi connectivity index (χ3n) is 5.99. The minimum atomic E-state index is -3.68. The van der Waals surface area contributed by atoms with Gasteiger partial charge in [0.15, 0.2) is 0 Å². The second-order valence-electron chi connectivity index (χ2n) is 8.74. The van der Waals surface area contributed by atoms with Gasteiger partial charge in [0, 0.05) is 27.8 Å². The van der Waals surface area contributed by atoms with Crippen molar-refractivity contribution < 1.29 is 13.2 Å². The highest BCUT2D eigenvalue weighted by Gasteiger charge is 2.20. The molecule has 1 N–H and O–H groups in total. The van der Waals surface area contributed by atoms with E-state index in [-0.39, 0.29) is 15.7 Å². The molecule has 0 radical (unpaired) electrons. The number of benzene rings is 4. The maximum Gasteiger partial charge on any atom is 0.255 e. The fraction of sp³-hybridized carbons (Fsp3) is 0.0667. The van der Waals surface area contributed by atoms with Gasteiger partial charge in [-0.3, -0.25) is 4.79 Å². The first-order valence-corrected chi connectivity index (χ1v) is 14.0.